The number of thiophene rings is 1. The first-order valence-electron chi connectivity index (χ1n) is 5.01. The van der Waals surface area contributed by atoms with Crippen LogP contribution in [0.5, 0.6) is 11.5 Å². The second kappa shape index (κ2) is 4.37. The molecule has 0 atom stereocenters. The van der Waals surface area contributed by atoms with Crippen molar-refractivity contribution in [3.8, 4) is 11.5 Å². The van der Waals surface area contributed by atoms with Crippen LogP contribution in [0.1, 0.15) is 0 Å². The summed E-state index contributed by atoms with van der Waals surface area (Å²) in [6, 6.07) is 0. The first-order valence-corrected chi connectivity index (χ1v) is 17.0. The molecule has 2 heterocycles. The summed E-state index contributed by atoms with van der Waals surface area (Å²) in [5, 5.41) is 0. The number of fused-ring (bicyclic) bond motifs is 1. The Morgan fingerprint density at radius 2 is 1.73 bits per heavy atom. The van der Waals surface area contributed by atoms with Crippen LogP contribution in [0.2, 0.25) is 14.8 Å². The van der Waals surface area contributed by atoms with Crippen LogP contribution in [0.3, 0.4) is 0 Å². The average molecular weight is 351 g/mol. The van der Waals surface area contributed by atoms with Gasteiger partial charge in [0.2, 0.25) is 0 Å². The molecule has 1 aromatic rings. The van der Waals surface area contributed by atoms with Gasteiger partial charge in [-0.05, 0) is 0 Å². The molecule has 0 saturated carbocycles. The van der Waals surface area contributed by atoms with Crippen LogP contribution in [-0.4, -0.2) is 37.8 Å². The number of hydrogen-bond donors (Lipinski definition) is 0. The van der Waals surface area contributed by atoms with Crippen LogP contribution in [-0.2, 0) is 0 Å². The Morgan fingerprint density at radius 1 is 1.13 bits per heavy atom. The van der Waals surface area contributed by atoms with Crippen molar-refractivity contribution < 1.29 is 9.47 Å². The van der Waals surface area contributed by atoms with Gasteiger partial charge in [0.1, 0.15) is 0 Å². The van der Waals surface area contributed by atoms with Gasteiger partial charge in [-0.3, -0.25) is 0 Å². The summed E-state index contributed by atoms with van der Waals surface area (Å²) in [6.07, 6.45) is 2.10. The molecule has 0 spiro atoms. The van der Waals surface area contributed by atoms with Crippen molar-refractivity contribution in [1.29, 1.82) is 0 Å². The molecule has 0 bridgehead atoms. The molecule has 0 unspecified atom stereocenters. The van der Waals surface area contributed by atoms with E-state index in [-0.39, 0.29) is 0 Å². The molecule has 0 amide bonds. The van der Waals surface area contributed by atoms with E-state index < -0.39 is 18.4 Å². The summed E-state index contributed by atoms with van der Waals surface area (Å²) in [4.78, 5) is 7.26. The molecule has 5 heteroatoms. The average Bonchev–Trinajstić information content (AvgIpc) is 2.55. The minimum absolute atomic E-state index is 0.691. The quantitative estimate of drug-likeness (QED) is 0.603. The molecule has 1 aliphatic heterocycles. The van der Waals surface area contributed by atoms with E-state index in [1.165, 1.54) is 7.10 Å². The second-order valence-electron chi connectivity index (χ2n) is 4.53. The Kier molecular flexibility index (Phi) is 3.47. The van der Waals surface area contributed by atoms with E-state index in [2.05, 4.69) is 21.1 Å². The van der Waals surface area contributed by atoms with Crippen LogP contribution >= 0.6 is 23.1 Å². The van der Waals surface area contributed by atoms with Crippen LogP contribution < -0.4 is 12.4 Å². The first-order chi connectivity index (χ1) is 7.04. The van der Waals surface area contributed by atoms with Gasteiger partial charge >= 0.3 is 104 Å². The molecule has 0 aromatic carbocycles. The molecule has 0 saturated heterocycles. The third-order valence-corrected chi connectivity index (χ3v) is 13.8. The van der Waals surface area contributed by atoms with E-state index >= 15 is 0 Å². The van der Waals surface area contributed by atoms with E-state index in [1.54, 1.807) is 11.8 Å². The van der Waals surface area contributed by atoms with Gasteiger partial charge in [-0.25, -0.2) is 0 Å². The molecule has 0 radical (unpaired) electrons. The van der Waals surface area contributed by atoms with Gasteiger partial charge < -0.3 is 0 Å². The third-order valence-electron chi connectivity index (χ3n) is 2.24. The zero-order valence-corrected chi connectivity index (χ0v) is 14.0. The molecular formula is C10H16O2S2Sn. The predicted octanol–water partition coefficient (Wildman–Crippen LogP) is 2.79. The standard InChI is InChI=1S/C7H7O2S2.3CH3.Sn/c1-10-7-6-5(4-11-7)8-2-3-9-6;;;;/h2-3H2,1H3;3*1H3;. The fourth-order valence-corrected chi connectivity index (χ4v) is 10.1. The molecule has 15 heavy (non-hydrogen) atoms. The first kappa shape index (κ1) is 11.9. The Morgan fingerprint density at radius 3 is 2.27 bits per heavy atom. The number of rotatable bonds is 2. The van der Waals surface area contributed by atoms with E-state index in [9.17, 15) is 0 Å². The minimum atomic E-state index is -2.04. The number of hydrogen-bond acceptors (Lipinski definition) is 4. The number of ether oxygens (including phenoxy) is 2. The summed E-state index contributed by atoms with van der Waals surface area (Å²) in [5.41, 5.74) is 0. The second-order valence-corrected chi connectivity index (χ2v) is 21.9. The molecule has 0 fully saturated rings. The molecule has 1 aliphatic rings. The van der Waals surface area contributed by atoms with E-state index in [0.717, 1.165) is 11.5 Å². The Labute approximate surface area is 103 Å². The molecule has 0 aliphatic carbocycles. The van der Waals surface area contributed by atoms with Crippen molar-refractivity contribution in [2.75, 3.05) is 19.5 Å². The predicted molar refractivity (Wildman–Crippen MR) is 70.1 cm³/mol. The van der Waals surface area contributed by atoms with Crippen molar-refractivity contribution in [1.82, 2.24) is 0 Å². The Balaban J connectivity index is 2.52. The topological polar surface area (TPSA) is 18.5 Å². The van der Waals surface area contributed by atoms with E-state index in [0.29, 0.717) is 13.2 Å². The van der Waals surface area contributed by atoms with Gasteiger partial charge in [0.15, 0.2) is 0 Å². The van der Waals surface area contributed by atoms with Gasteiger partial charge in [0.25, 0.3) is 0 Å². The van der Waals surface area contributed by atoms with Crippen LogP contribution in [0.25, 0.3) is 0 Å². The molecule has 2 rings (SSSR count). The molecular weight excluding hydrogens is 335 g/mol. The van der Waals surface area contributed by atoms with Gasteiger partial charge in [-0.1, -0.05) is 0 Å². The maximum atomic E-state index is 5.79. The summed E-state index contributed by atoms with van der Waals surface area (Å²) in [7, 11) is 0. The van der Waals surface area contributed by atoms with E-state index in [4.69, 9.17) is 9.47 Å². The summed E-state index contributed by atoms with van der Waals surface area (Å²) in [6.45, 7) is 1.39. The summed E-state index contributed by atoms with van der Waals surface area (Å²) < 4.78 is 14.3. The molecule has 1 aromatic heterocycles. The van der Waals surface area contributed by atoms with Crippen LogP contribution in [0.15, 0.2) is 4.21 Å². The van der Waals surface area contributed by atoms with Gasteiger partial charge in [0.05, 0.1) is 0 Å². The zero-order valence-electron chi connectivity index (χ0n) is 9.55. The van der Waals surface area contributed by atoms with Crippen LogP contribution in [0, 0.1) is 0 Å². The van der Waals surface area contributed by atoms with Gasteiger partial charge in [0, 0.05) is 0 Å². The van der Waals surface area contributed by atoms with E-state index in [1.807, 2.05) is 11.3 Å². The molecule has 0 N–H and O–H groups in total. The SMILES string of the molecule is CSc1s[c]([Sn]([CH3])([CH3])[CH3])c2c1OCCO2. The van der Waals surface area contributed by atoms with Gasteiger partial charge in [-0.2, -0.15) is 0 Å². The van der Waals surface area contributed by atoms with Crippen molar-refractivity contribution in [2.24, 2.45) is 0 Å². The normalized spacial score (nSPS) is 15.5. The molecule has 2 nitrogen and oxygen atoms in total. The van der Waals surface area contributed by atoms with Crippen molar-refractivity contribution >= 4 is 44.4 Å². The zero-order chi connectivity index (χ0) is 11.1. The van der Waals surface area contributed by atoms with Crippen molar-refractivity contribution in [3.05, 3.63) is 0 Å². The third kappa shape index (κ3) is 2.26. The fraction of sp³-hybridized carbons (Fsp3) is 0.600. The fourth-order valence-electron chi connectivity index (χ4n) is 1.55. The Bertz CT molecular complexity index is 368. The van der Waals surface area contributed by atoms with Gasteiger partial charge in [-0.15, -0.1) is 0 Å². The summed E-state index contributed by atoms with van der Waals surface area (Å²) >= 11 is 1.61. The monoisotopic (exact) mass is 352 g/mol. The van der Waals surface area contributed by atoms with Crippen molar-refractivity contribution in [3.63, 3.8) is 0 Å². The summed E-state index contributed by atoms with van der Waals surface area (Å²) in [5.74, 6) is 2.08. The molecule has 84 valence electrons. The van der Waals surface area contributed by atoms with Crippen molar-refractivity contribution in [2.45, 2.75) is 19.0 Å². The number of thioether (sulfide) groups is 1. The maximum absolute atomic E-state index is 5.79. The van der Waals surface area contributed by atoms with Crippen LogP contribution in [0.4, 0.5) is 0 Å². The Hall–Kier alpha value is 0.449.